The second-order valence-electron chi connectivity index (χ2n) is 5.95. The van der Waals surface area contributed by atoms with E-state index in [0.29, 0.717) is 11.5 Å². The van der Waals surface area contributed by atoms with Gasteiger partial charge in [-0.25, -0.2) is 4.98 Å². The fourth-order valence-corrected chi connectivity index (χ4v) is 2.85. The lowest BCUT2D eigenvalue weighted by Gasteiger charge is -2.07. The number of pyridine rings is 1. The molecular weight excluding hydrogens is 328 g/mol. The number of nitrogens with zero attached hydrogens (tertiary/aromatic N) is 2. The summed E-state index contributed by atoms with van der Waals surface area (Å²) < 4.78 is 16.7. The van der Waals surface area contributed by atoms with Crippen LogP contribution in [-0.2, 0) is 6.61 Å². The third kappa shape index (κ3) is 3.11. The van der Waals surface area contributed by atoms with E-state index in [-0.39, 0.29) is 6.61 Å². The van der Waals surface area contributed by atoms with Crippen LogP contribution in [0.25, 0.3) is 22.2 Å². The molecule has 4 rings (SSSR count). The monoisotopic (exact) mass is 346 g/mol. The maximum absolute atomic E-state index is 5.94. The van der Waals surface area contributed by atoms with E-state index in [1.807, 2.05) is 67.6 Å². The molecule has 0 aliphatic rings. The molecule has 0 fully saturated rings. The SMILES string of the molecule is COc1ccccc1-c1cc(COc2cccc3ccc(C)nc23)on1. The maximum Gasteiger partial charge on any atom is 0.174 e. The number of fused-ring (bicyclic) bond motifs is 1. The highest BCUT2D eigenvalue weighted by Crippen LogP contribution is 2.30. The Morgan fingerprint density at radius 2 is 1.81 bits per heavy atom. The first kappa shape index (κ1) is 16.1. The molecule has 5 heteroatoms. The lowest BCUT2D eigenvalue weighted by Crippen LogP contribution is -1.96. The van der Waals surface area contributed by atoms with Gasteiger partial charge in [-0.1, -0.05) is 35.5 Å². The molecule has 0 amide bonds. The molecule has 0 saturated carbocycles. The molecule has 130 valence electrons. The molecule has 26 heavy (non-hydrogen) atoms. The summed E-state index contributed by atoms with van der Waals surface area (Å²) in [6.07, 6.45) is 0. The van der Waals surface area contributed by atoms with E-state index in [2.05, 4.69) is 10.1 Å². The van der Waals surface area contributed by atoms with Gasteiger partial charge in [0, 0.05) is 22.7 Å². The predicted octanol–water partition coefficient (Wildman–Crippen LogP) is 4.79. The van der Waals surface area contributed by atoms with Crippen molar-refractivity contribution in [2.24, 2.45) is 0 Å². The Balaban J connectivity index is 1.57. The molecule has 0 N–H and O–H groups in total. The summed E-state index contributed by atoms with van der Waals surface area (Å²) in [5.41, 5.74) is 3.39. The van der Waals surface area contributed by atoms with Crippen LogP contribution in [0.2, 0.25) is 0 Å². The van der Waals surface area contributed by atoms with Crippen LogP contribution in [0.3, 0.4) is 0 Å². The first-order chi connectivity index (χ1) is 12.7. The molecule has 0 spiro atoms. The normalized spacial score (nSPS) is 10.8. The summed E-state index contributed by atoms with van der Waals surface area (Å²) in [5, 5.41) is 5.18. The van der Waals surface area contributed by atoms with Crippen molar-refractivity contribution in [3.05, 3.63) is 72.1 Å². The van der Waals surface area contributed by atoms with Gasteiger partial charge in [-0.3, -0.25) is 0 Å². The molecule has 0 bridgehead atoms. The number of benzene rings is 2. The summed E-state index contributed by atoms with van der Waals surface area (Å²) in [6, 6.07) is 19.5. The van der Waals surface area contributed by atoms with Crippen molar-refractivity contribution in [3.63, 3.8) is 0 Å². The Morgan fingerprint density at radius 1 is 0.962 bits per heavy atom. The molecule has 0 radical (unpaired) electrons. The molecule has 2 aromatic carbocycles. The molecule has 2 aromatic heterocycles. The van der Waals surface area contributed by atoms with Crippen molar-refractivity contribution in [2.75, 3.05) is 7.11 Å². The molecule has 0 aliphatic heterocycles. The van der Waals surface area contributed by atoms with E-state index in [4.69, 9.17) is 14.0 Å². The van der Waals surface area contributed by atoms with Crippen LogP contribution in [0, 0.1) is 6.92 Å². The van der Waals surface area contributed by atoms with Crippen molar-refractivity contribution in [1.29, 1.82) is 0 Å². The zero-order valence-corrected chi connectivity index (χ0v) is 14.6. The number of rotatable bonds is 5. The lowest BCUT2D eigenvalue weighted by atomic mass is 10.1. The van der Waals surface area contributed by atoms with E-state index in [9.17, 15) is 0 Å². The van der Waals surface area contributed by atoms with Crippen LogP contribution in [0.1, 0.15) is 11.5 Å². The zero-order valence-electron chi connectivity index (χ0n) is 14.6. The highest BCUT2D eigenvalue weighted by atomic mass is 16.5. The van der Waals surface area contributed by atoms with E-state index < -0.39 is 0 Å². The minimum atomic E-state index is 0.275. The number of hydrogen-bond donors (Lipinski definition) is 0. The van der Waals surface area contributed by atoms with Gasteiger partial charge in [0.1, 0.15) is 29.3 Å². The number of ether oxygens (including phenoxy) is 2. The zero-order chi connectivity index (χ0) is 17.9. The van der Waals surface area contributed by atoms with E-state index >= 15 is 0 Å². The summed E-state index contributed by atoms with van der Waals surface area (Å²) in [7, 11) is 1.64. The van der Waals surface area contributed by atoms with Gasteiger partial charge in [0.15, 0.2) is 5.76 Å². The van der Waals surface area contributed by atoms with Crippen LogP contribution in [-0.4, -0.2) is 17.3 Å². The maximum atomic E-state index is 5.94. The second kappa shape index (κ2) is 6.88. The topological polar surface area (TPSA) is 57.4 Å². The highest BCUT2D eigenvalue weighted by molar-refractivity contribution is 5.84. The van der Waals surface area contributed by atoms with Crippen LogP contribution >= 0.6 is 0 Å². The molecule has 0 unspecified atom stereocenters. The van der Waals surface area contributed by atoms with Gasteiger partial charge in [-0.15, -0.1) is 0 Å². The molecule has 0 aliphatic carbocycles. The van der Waals surface area contributed by atoms with Gasteiger partial charge in [0.2, 0.25) is 0 Å². The number of aryl methyl sites for hydroxylation is 1. The molecule has 5 nitrogen and oxygen atoms in total. The Kier molecular flexibility index (Phi) is 4.27. The smallest absolute Gasteiger partial charge is 0.174 e. The quantitative estimate of drug-likeness (QED) is 0.520. The van der Waals surface area contributed by atoms with Crippen molar-refractivity contribution >= 4 is 10.9 Å². The molecule has 4 aromatic rings. The number of para-hydroxylation sites is 2. The first-order valence-electron chi connectivity index (χ1n) is 8.33. The average molecular weight is 346 g/mol. The third-order valence-corrected chi connectivity index (χ3v) is 4.13. The fraction of sp³-hybridized carbons (Fsp3) is 0.143. The number of hydrogen-bond acceptors (Lipinski definition) is 5. The van der Waals surface area contributed by atoms with Gasteiger partial charge in [-0.05, 0) is 31.2 Å². The molecule has 2 heterocycles. The fourth-order valence-electron chi connectivity index (χ4n) is 2.85. The van der Waals surface area contributed by atoms with Gasteiger partial charge in [0.25, 0.3) is 0 Å². The molecule has 0 saturated heterocycles. The Morgan fingerprint density at radius 3 is 2.69 bits per heavy atom. The minimum absolute atomic E-state index is 0.275. The molecular formula is C21H18N2O3. The third-order valence-electron chi connectivity index (χ3n) is 4.13. The van der Waals surface area contributed by atoms with Crippen molar-refractivity contribution in [1.82, 2.24) is 10.1 Å². The van der Waals surface area contributed by atoms with Gasteiger partial charge >= 0.3 is 0 Å². The largest absolute Gasteiger partial charge is 0.496 e. The van der Waals surface area contributed by atoms with E-state index in [0.717, 1.165) is 33.7 Å². The second-order valence-corrected chi connectivity index (χ2v) is 5.95. The lowest BCUT2D eigenvalue weighted by molar-refractivity contribution is 0.251. The Bertz CT molecular complexity index is 1060. The van der Waals surface area contributed by atoms with Crippen molar-refractivity contribution in [2.45, 2.75) is 13.5 Å². The van der Waals surface area contributed by atoms with E-state index in [1.54, 1.807) is 7.11 Å². The van der Waals surface area contributed by atoms with Crippen LogP contribution in [0.5, 0.6) is 11.5 Å². The summed E-state index contributed by atoms with van der Waals surface area (Å²) >= 11 is 0. The average Bonchev–Trinajstić information content (AvgIpc) is 3.15. The van der Waals surface area contributed by atoms with E-state index in [1.165, 1.54) is 0 Å². The summed E-state index contributed by atoms with van der Waals surface area (Å²) in [5.74, 6) is 2.11. The van der Waals surface area contributed by atoms with Crippen LogP contribution in [0.15, 0.2) is 65.2 Å². The van der Waals surface area contributed by atoms with Crippen molar-refractivity contribution in [3.8, 4) is 22.8 Å². The summed E-state index contributed by atoms with van der Waals surface area (Å²) in [6.45, 7) is 2.24. The van der Waals surface area contributed by atoms with Gasteiger partial charge in [0.05, 0.1) is 7.11 Å². The standard InChI is InChI=1S/C21H18N2O3/c1-14-10-11-15-6-5-9-20(21(15)22-14)25-13-16-12-18(23-26-16)17-7-3-4-8-19(17)24-2/h3-12H,13H2,1-2H3. The predicted molar refractivity (Wildman–Crippen MR) is 99.3 cm³/mol. The van der Waals surface area contributed by atoms with Crippen molar-refractivity contribution < 1.29 is 14.0 Å². The van der Waals surface area contributed by atoms with Crippen LogP contribution < -0.4 is 9.47 Å². The van der Waals surface area contributed by atoms with Gasteiger partial charge < -0.3 is 14.0 Å². The van der Waals surface area contributed by atoms with Crippen LogP contribution in [0.4, 0.5) is 0 Å². The Labute approximate surface area is 151 Å². The summed E-state index contributed by atoms with van der Waals surface area (Å²) in [4.78, 5) is 4.58. The number of aromatic nitrogens is 2. The first-order valence-corrected chi connectivity index (χ1v) is 8.33. The van der Waals surface area contributed by atoms with Gasteiger partial charge in [-0.2, -0.15) is 0 Å². The highest BCUT2D eigenvalue weighted by Gasteiger charge is 2.12. The number of methoxy groups -OCH3 is 1. The molecule has 0 atom stereocenters. The Hall–Kier alpha value is -3.34. The minimum Gasteiger partial charge on any atom is -0.496 e.